The summed E-state index contributed by atoms with van der Waals surface area (Å²) in [5, 5.41) is 15.3. The summed E-state index contributed by atoms with van der Waals surface area (Å²) >= 11 is 0. The fourth-order valence-electron chi connectivity index (χ4n) is 2.53. The van der Waals surface area contributed by atoms with Gasteiger partial charge in [0.1, 0.15) is 12.4 Å². The second-order valence-corrected chi connectivity index (χ2v) is 7.62. The van der Waals surface area contributed by atoms with Gasteiger partial charge in [0.25, 0.3) is 0 Å². The monoisotopic (exact) mass is 384 g/mol. The van der Waals surface area contributed by atoms with Crippen molar-refractivity contribution in [2.24, 2.45) is 0 Å². The van der Waals surface area contributed by atoms with Gasteiger partial charge >= 0.3 is 6.09 Å². The van der Waals surface area contributed by atoms with E-state index in [1.807, 2.05) is 36.4 Å². The van der Waals surface area contributed by atoms with Crippen LogP contribution in [0, 0.1) is 0 Å². The van der Waals surface area contributed by atoms with Crippen molar-refractivity contribution >= 4 is 17.7 Å². The Morgan fingerprint density at radius 3 is 2.46 bits per heavy atom. The van der Waals surface area contributed by atoms with Crippen molar-refractivity contribution in [3.05, 3.63) is 59.7 Å². The van der Waals surface area contributed by atoms with Crippen LogP contribution in [0.15, 0.2) is 48.5 Å². The van der Waals surface area contributed by atoms with E-state index in [1.165, 1.54) is 0 Å². The third kappa shape index (κ3) is 6.95. The summed E-state index contributed by atoms with van der Waals surface area (Å²) in [4.78, 5) is 23.8. The average molecular weight is 384 g/mol. The predicted molar refractivity (Wildman–Crippen MR) is 109 cm³/mol. The molecule has 0 fully saturated rings. The van der Waals surface area contributed by atoms with Gasteiger partial charge in [0.2, 0.25) is 5.91 Å². The number of carbonyl (C=O) groups excluding carboxylic acids is 2. The molecule has 2 amide bonds. The van der Waals surface area contributed by atoms with Crippen LogP contribution in [0.25, 0.3) is 0 Å². The van der Waals surface area contributed by atoms with Gasteiger partial charge in [-0.2, -0.15) is 0 Å². The number of phenolic OH excluding ortho intramolecular Hbond substituents is 1. The minimum Gasteiger partial charge on any atom is -0.506 e. The van der Waals surface area contributed by atoms with Crippen LogP contribution >= 0.6 is 0 Å². The molecule has 0 spiro atoms. The molecule has 0 atom stereocenters. The average Bonchev–Trinajstić information content (AvgIpc) is 2.65. The molecule has 0 bridgehead atoms. The molecule has 0 aromatic heterocycles. The van der Waals surface area contributed by atoms with E-state index in [1.54, 1.807) is 12.1 Å². The summed E-state index contributed by atoms with van der Waals surface area (Å²) < 4.78 is 5.11. The van der Waals surface area contributed by atoms with Crippen LogP contribution in [0.2, 0.25) is 0 Å². The summed E-state index contributed by atoms with van der Waals surface area (Å²) in [7, 11) is 0. The summed E-state index contributed by atoms with van der Waals surface area (Å²) in [5.41, 5.74) is 2.24. The number of benzene rings is 2. The number of alkyl carbamates (subject to hydrolysis) is 1. The van der Waals surface area contributed by atoms with Gasteiger partial charge in [-0.05, 0) is 35.1 Å². The molecule has 0 saturated carbocycles. The van der Waals surface area contributed by atoms with Gasteiger partial charge in [-0.25, -0.2) is 4.79 Å². The molecule has 0 aliphatic rings. The number of nitrogens with one attached hydrogen (secondary N) is 2. The van der Waals surface area contributed by atoms with Crippen LogP contribution in [0.5, 0.6) is 5.75 Å². The Morgan fingerprint density at radius 2 is 1.79 bits per heavy atom. The zero-order chi connectivity index (χ0) is 20.6. The van der Waals surface area contributed by atoms with Crippen LogP contribution in [-0.2, 0) is 21.6 Å². The Labute approximate surface area is 165 Å². The zero-order valence-corrected chi connectivity index (χ0v) is 16.6. The minimum absolute atomic E-state index is 0.0314. The van der Waals surface area contributed by atoms with Crippen LogP contribution in [0.3, 0.4) is 0 Å². The molecule has 0 heterocycles. The number of carbonyl (C=O) groups is 2. The maximum Gasteiger partial charge on any atom is 0.407 e. The lowest BCUT2D eigenvalue weighted by Gasteiger charge is -2.20. The quantitative estimate of drug-likeness (QED) is 0.490. The molecule has 3 N–H and O–H groups in total. The first-order valence-corrected chi connectivity index (χ1v) is 9.33. The number of amides is 2. The normalized spacial score (nSPS) is 11.0. The van der Waals surface area contributed by atoms with E-state index in [-0.39, 0.29) is 30.1 Å². The molecule has 0 unspecified atom stereocenters. The fraction of sp³-hybridized carbons (Fsp3) is 0.364. The number of rotatable bonds is 7. The zero-order valence-electron chi connectivity index (χ0n) is 16.6. The van der Waals surface area contributed by atoms with E-state index in [0.717, 1.165) is 11.1 Å². The van der Waals surface area contributed by atoms with E-state index in [4.69, 9.17) is 4.74 Å². The molecular formula is C22H28N2O4. The maximum absolute atomic E-state index is 12.1. The van der Waals surface area contributed by atoms with E-state index in [0.29, 0.717) is 18.7 Å². The number of aromatic hydroxyl groups is 1. The van der Waals surface area contributed by atoms with Crippen LogP contribution in [-0.4, -0.2) is 23.7 Å². The molecule has 150 valence electrons. The van der Waals surface area contributed by atoms with Crippen molar-refractivity contribution in [3.8, 4) is 5.75 Å². The van der Waals surface area contributed by atoms with Gasteiger partial charge in [-0.1, -0.05) is 57.2 Å². The standard InChI is InChI=1S/C22H28N2O4/c1-22(2,3)17-11-12-19(25)18(14-17)24-20(26)10-7-13-23-21(27)28-15-16-8-5-4-6-9-16/h4-6,8-9,11-12,14,25H,7,10,13,15H2,1-3H3,(H,23,27)(H,24,26). The van der Waals surface area contributed by atoms with Gasteiger partial charge in [-0.15, -0.1) is 0 Å². The molecule has 6 nitrogen and oxygen atoms in total. The molecular weight excluding hydrogens is 356 g/mol. The molecule has 28 heavy (non-hydrogen) atoms. The van der Waals surface area contributed by atoms with Gasteiger partial charge in [0.15, 0.2) is 0 Å². The molecule has 0 aliphatic heterocycles. The Balaban J connectivity index is 1.71. The first-order chi connectivity index (χ1) is 13.3. The maximum atomic E-state index is 12.1. The first-order valence-electron chi connectivity index (χ1n) is 9.33. The summed E-state index contributed by atoms with van der Waals surface area (Å²) in [6.07, 6.45) is 0.171. The lowest BCUT2D eigenvalue weighted by atomic mass is 9.87. The summed E-state index contributed by atoms with van der Waals surface area (Å²) in [6, 6.07) is 14.6. The van der Waals surface area contributed by atoms with Crippen molar-refractivity contribution < 1.29 is 19.4 Å². The SMILES string of the molecule is CC(C)(C)c1ccc(O)c(NC(=O)CCCNC(=O)OCc2ccccc2)c1. The van der Waals surface area contributed by atoms with Gasteiger partial charge in [0, 0.05) is 13.0 Å². The Morgan fingerprint density at radius 1 is 1.07 bits per heavy atom. The second-order valence-electron chi connectivity index (χ2n) is 7.62. The van der Waals surface area contributed by atoms with Crippen LogP contribution < -0.4 is 10.6 Å². The first kappa shape index (κ1) is 21.3. The number of ether oxygens (including phenoxy) is 1. The summed E-state index contributed by atoms with van der Waals surface area (Å²) in [6.45, 7) is 6.72. The largest absolute Gasteiger partial charge is 0.506 e. The van der Waals surface area contributed by atoms with E-state index in [9.17, 15) is 14.7 Å². The molecule has 2 rings (SSSR count). The van der Waals surface area contributed by atoms with Crippen molar-refractivity contribution in [1.82, 2.24) is 5.32 Å². The van der Waals surface area contributed by atoms with E-state index < -0.39 is 6.09 Å². The molecule has 2 aromatic rings. The van der Waals surface area contributed by atoms with E-state index in [2.05, 4.69) is 31.4 Å². The third-order valence-electron chi connectivity index (χ3n) is 4.20. The minimum atomic E-state index is -0.514. The van der Waals surface area contributed by atoms with Crippen molar-refractivity contribution in [2.45, 2.75) is 45.6 Å². The van der Waals surface area contributed by atoms with Gasteiger partial charge in [-0.3, -0.25) is 4.79 Å². The third-order valence-corrected chi connectivity index (χ3v) is 4.20. The highest BCUT2D eigenvalue weighted by atomic mass is 16.5. The Kier molecular flexibility index (Phi) is 7.44. The molecule has 0 radical (unpaired) electrons. The number of anilines is 1. The van der Waals surface area contributed by atoms with E-state index >= 15 is 0 Å². The topological polar surface area (TPSA) is 87.7 Å². The number of phenols is 1. The highest BCUT2D eigenvalue weighted by Gasteiger charge is 2.16. The molecule has 2 aromatic carbocycles. The van der Waals surface area contributed by atoms with Gasteiger partial charge < -0.3 is 20.5 Å². The van der Waals surface area contributed by atoms with Crippen molar-refractivity contribution in [1.29, 1.82) is 0 Å². The lowest BCUT2D eigenvalue weighted by molar-refractivity contribution is -0.116. The van der Waals surface area contributed by atoms with Gasteiger partial charge in [0.05, 0.1) is 5.69 Å². The fourth-order valence-corrected chi connectivity index (χ4v) is 2.53. The summed E-state index contributed by atoms with van der Waals surface area (Å²) in [5.74, 6) is -0.190. The molecule has 6 heteroatoms. The predicted octanol–water partition coefficient (Wildman–Crippen LogP) is 4.33. The Hall–Kier alpha value is -3.02. The van der Waals surface area contributed by atoms with Crippen LogP contribution in [0.4, 0.5) is 10.5 Å². The molecule has 0 aliphatic carbocycles. The highest BCUT2D eigenvalue weighted by molar-refractivity contribution is 5.92. The number of hydrogen-bond donors (Lipinski definition) is 3. The Bertz CT molecular complexity index is 798. The number of hydrogen-bond acceptors (Lipinski definition) is 4. The smallest absolute Gasteiger partial charge is 0.407 e. The second kappa shape index (κ2) is 9.78. The van der Waals surface area contributed by atoms with Crippen LogP contribution in [0.1, 0.15) is 44.7 Å². The van der Waals surface area contributed by atoms with Crippen molar-refractivity contribution in [3.63, 3.8) is 0 Å². The van der Waals surface area contributed by atoms with Crippen molar-refractivity contribution in [2.75, 3.05) is 11.9 Å². The highest BCUT2D eigenvalue weighted by Crippen LogP contribution is 2.30. The lowest BCUT2D eigenvalue weighted by Crippen LogP contribution is -2.26. The molecule has 0 saturated heterocycles.